The van der Waals surface area contributed by atoms with Crippen molar-refractivity contribution >= 4 is 5.91 Å². The van der Waals surface area contributed by atoms with Gasteiger partial charge in [-0.1, -0.05) is 51.5 Å². The van der Waals surface area contributed by atoms with Crippen LogP contribution in [0.1, 0.15) is 50.6 Å². The van der Waals surface area contributed by atoms with Crippen LogP contribution in [0.25, 0.3) is 0 Å². The Morgan fingerprint density at radius 2 is 1.86 bits per heavy atom. The van der Waals surface area contributed by atoms with Crippen molar-refractivity contribution in [1.29, 1.82) is 0 Å². The summed E-state index contributed by atoms with van der Waals surface area (Å²) < 4.78 is 0. The van der Waals surface area contributed by atoms with Crippen molar-refractivity contribution in [3.05, 3.63) is 34.9 Å². The van der Waals surface area contributed by atoms with Gasteiger partial charge >= 0.3 is 0 Å². The summed E-state index contributed by atoms with van der Waals surface area (Å²) in [4.78, 5) is 14.7. The van der Waals surface area contributed by atoms with Crippen molar-refractivity contribution in [2.75, 3.05) is 6.54 Å². The van der Waals surface area contributed by atoms with Crippen LogP contribution in [0.2, 0.25) is 0 Å². The quantitative estimate of drug-likeness (QED) is 0.921. The molecule has 2 atom stereocenters. The van der Waals surface area contributed by atoms with Crippen LogP contribution in [-0.2, 0) is 4.79 Å². The molecule has 0 aromatic heterocycles. The Bertz CT molecular complexity index is 522. The van der Waals surface area contributed by atoms with Gasteiger partial charge in [0.05, 0.1) is 6.04 Å². The molecule has 2 unspecified atom stereocenters. The van der Waals surface area contributed by atoms with Gasteiger partial charge in [-0.05, 0) is 36.8 Å². The van der Waals surface area contributed by atoms with E-state index in [1.165, 1.54) is 16.7 Å². The number of carbonyl (C=O) groups excluding carboxylic acids is 1. The summed E-state index contributed by atoms with van der Waals surface area (Å²) in [6.45, 7) is 13.6. The fourth-order valence-electron chi connectivity index (χ4n) is 3.09. The summed E-state index contributed by atoms with van der Waals surface area (Å²) >= 11 is 0. The zero-order chi connectivity index (χ0) is 15.7. The molecule has 1 fully saturated rings. The van der Waals surface area contributed by atoms with E-state index in [2.05, 4.69) is 65.1 Å². The lowest BCUT2D eigenvalue weighted by Gasteiger charge is -2.27. The first-order valence-corrected chi connectivity index (χ1v) is 7.95. The molecule has 0 spiro atoms. The number of amides is 1. The van der Waals surface area contributed by atoms with E-state index in [0.717, 1.165) is 6.54 Å². The van der Waals surface area contributed by atoms with Crippen molar-refractivity contribution in [1.82, 2.24) is 10.2 Å². The van der Waals surface area contributed by atoms with Crippen LogP contribution >= 0.6 is 0 Å². The van der Waals surface area contributed by atoms with Gasteiger partial charge in [-0.15, -0.1) is 0 Å². The third-order valence-corrected chi connectivity index (χ3v) is 4.15. The second-order valence-electron chi connectivity index (χ2n) is 7.04. The van der Waals surface area contributed by atoms with Crippen molar-refractivity contribution in [2.24, 2.45) is 11.8 Å². The number of carbonyl (C=O) groups is 1. The number of aryl methyl sites for hydroxylation is 2. The van der Waals surface area contributed by atoms with Gasteiger partial charge in [0.1, 0.15) is 6.17 Å². The standard InChI is InChI=1S/C18H28N2O/c1-11(2)10-20-17(19-16(12(3)4)18(20)21)15-8-7-13(5)9-14(15)6/h7-9,11-12,16-17,19H,10H2,1-6H3. The SMILES string of the molecule is Cc1ccc(C2NC(C(C)C)C(=O)N2CC(C)C)c(C)c1. The summed E-state index contributed by atoms with van der Waals surface area (Å²) in [5.41, 5.74) is 3.73. The number of nitrogens with zero attached hydrogens (tertiary/aromatic N) is 1. The second kappa shape index (κ2) is 6.18. The lowest BCUT2D eigenvalue weighted by atomic mass is 10.0. The Balaban J connectivity index is 2.36. The molecule has 0 aliphatic carbocycles. The van der Waals surface area contributed by atoms with Gasteiger partial charge in [-0.2, -0.15) is 0 Å². The van der Waals surface area contributed by atoms with Crippen LogP contribution in [0.15, 0.2) is 18.2 Å². The average Bonchev–Trinajstić information content (AvgIpc) is 2.67. The van der Waals surface area contributed by atoms with E-state index < -0.39 is 0 Å². The van der Waals surface area contributed by atoms with Crippen LogP contribution in [0, 0.1) is 25.7 Å². The molecule has 21 heavy (non-hydrogen) atoms. The first-order chi connectivity index (χ1) is 9.81. The molecule has 1 N–H and O–H groups in total. The van der Waals surface area contributed by atoms with Crippen LogP contribution in [0.5, 0.6) is 0 Å². The molecular weight excluding hydrogens is 260 g/mol. The minimum absolute atomic E-state index is 0.00731. The highest BCUT2D eigenvalue weighted by Gasteiger charge is 2.41. The average molecular weight is 288 g/mol. The van der Waals surface area contributed by atoms with Gasteiger partial charge in [0.15, 0.2) is 0 Å². The highest BCUT2D eigenvalue weighted by Crippen LogP contribution is 2.31. The second-order valence-corrected chi connectivity index (χ2v) is 7.04. The Morgan fingerprint density at radius 1 is 1.19 bits per heavy atom. The third-order valence-electron chi connectivity index (χ3n) is 4.15. The minimum Gasteiger partial charge on any atom is -0.321 e. The first-order valence-electron chi connectivity index (χ1n) is 7.95. The molecule has 0 radical (unpaired) electrons. The zero-order valence-corrected chi connectivity index (χ0v) is 14.1. The molecule has 1 aliphatic heterocycles. The fourth-order valence-corrected chi connectivity index (χ4v) is 3.09. The maximum Gasteiger partial charge on any atom is 0.241 e. The monoisotopic (exact) mass is 288 g/mol. The molecule has 2 rings (SSSR count). The van der Waals surface area contributed by atoms with Crippen LogP contribution in [0.4, 0.5) is 0 Å². The molecular formula is C18H28N2O. The molecule has 1 saturated heterocycles. The first kappa shape index (κ1) is 16.0. The largest absolute Gasteiger partial charge is 0.321 e. The predicted octanol–water partition coefficient (Wildman–Crippen LogP) is 3.41. The molecule has 1 aromatic rings. The summed E-state index contributed by atoms with van der Waals surface area (Å²) in [5, 5.41) is 3.55. The van der Waals surface area contributed by atoms with Crippen molar-refractivity contribution in [2.45, 2.75) is 53.8 Å². The minimum atomic E-state index is -0.0746. The maximum atomic E-state index is 12.7. The van der Waals surface area contributed by atoms with Crippen molar-refractivity contribution in [3.8, 4) is 0 Å². The van der Waals surface area contributed by atoms with Gasteiger partial charge in [0.2, 0.25) is 5.91 Å². The van der Waals surface area contributed by atoms with Gasteiger partial charge < -0.3 is 4.90 Å². The van der Waals surface area contributed by atoms with Gasteiger partial charge in [-0.25, -0.2) is 0 Å². The number of hydrogen-bond donors (Lipinski definition) is 1. The Hall–Kier alpha value is -1.35. The van der Waals surface area contributed by atoms with Crippen molar-refractivity contribution in [3.63, 3.8) is 0 Å². The molecule has 3 nitrogen and oxygen atoms in total. The predicted molar refractivity (Wildman–Crippen MR) is 87.0 cm³/mol. The highest BCUT2D eigenvalue weighted by atomic mass is 16.2. The summed E-state index contributed by atoms with van der Waals surface area (Å²) in [7, 11) is 0. The molecule has 0 bridgehead atoms. The zero-order valence-electron chi connectivity index (χ0n) is 14.1. The van der Waals surface area contributed by atoms with E-state index in [0.29, 0.717) is 11.8 Å². The van der Waals surface area contributed by atoms with E-state index in [-0.39, 0.29) is 18.1 Å². The molecule has 1 aromatic carbocycles. The Morgan fingerprint density at radius 3 is 2.38 bits per heavy atom. The summed E-state index contributed by atoms with van der Waals surface area (Å²) in [6, 6.07) is 6.41. The van der Waals surface area contributed by atoms with E-state index in [1.54, 1.807) is 0 Å². The molecule has 1 amide bonds. The van der Waals surface area contributed by atoms with E-state index >= 15 is 0 Å². The summed E-state index contributed by atoms with van der Waals surface area (Å²) in [6.07, 6.45) is 0.00731. The van der Waals surface area contributed by atoms with Gasteiger partial charge in [-0.3, -0.25) is 10.1 Å². The Kier molecular flexibility index (Phi) is 4.72. The molecule has 1 aliphatic rings. The normalized spacial score (nSPS) is 22.7. The molecule has 116 valence electrons. The third kappa shape index (κ3) is 3.29. The number of benzene rings is 1. The van der Waals surface area contributed by atoms with E-state index in [1.807, 2.05) is 4.90 Å². The molecule has 3 heteroatoms. The molecule has 1 heterocycles. The number of nitrogens with one attached hydrogen (secondary N) is 1. The topological polar surface area (TPSA) is 32.3 Å². The smallest absolute Gasteiger partial charge is 0.241 e. The summed E-state index contributed by atoms with van der Waals surface area (Å²) in [5.74, 6) is 1.02. The lowest BCUT2D eigenvalue weighted by molar-refractivity contribution is -0.131. The molecule has 0 saturated carbocycles. The van der Waals surface area contributed by atoms with Crippen molar-refractivity contribution < 1.29 is 4.79 Å². The number of hydrogen-bond acceptors (Lipinski definition) is 2. The Labute approximate surface area is 128 Å². The van der Waals surface area contributed by atoms with Gasteiger partial charge in [0.25, 0.3) is 0 Å². The van der Waals surface area contributed by atoms with Crippen LogP contribution in [-0.4, -0.2) is 23.4 Å². The van der Waals surface area contributed by atoms with Crippen LogP contribution in [0.3, 0.4) is 0 Å². The van der Waals surface area contributed by atoms with Gasteiger partial charge in [0, 0.05) is 6.54 Å². The fraction of sp³-hybridized carbons (Fsp3) is 0.611. The lowest BCUT2D eigenvalue weighted by Crippen LogP contribution is -2.36. The van der Waals surface area contributed by atoms with E-state index in [4.69, 9.17) is 0 Å². The van der Waals surface area contributed by atoms with E-state index in [9.17, 15) is 4.79 Å². The van der Waals surface area contributed by atoms with Crippen LogP contribution < -0.4 is 5.32 Å². The highest BCUT2D eigenvalue weighted by molar-refractivity contribution is 5.85. The maximum absolute atomic E-state index is 12.7. The number of rotatable bonds is 4.